The van der Waals surface area contributed by atoms with Crippen molar-refractivity contribution in [2.75, 3.05) is 17.6 Å². The van der Waals surface area contributed by atoms with Gasteiger partial charge in [-0.3, -0.25) is 4.79 Å². The summed E-state index contributed by atoms with van der Waals surface area (Å²) in [5.41, 5.74) is -0.224. The lowest BCUT2D eigenvalue weighted by molar-refractivity contribution is -0.144. The van der Waals surface area contributed by atoms with Crippen LogP contribution in [0.3, 0.4) is 0 Å². The summed E-state index contributed by atoms with van der Waals surface area (Å²) in [6.45, 7) is 4.70. The molecule has 7 heteroatoms. The van der Waals surface area contributed by atoms with E-state index in [2.05, 4.69) is 28.2 Å². The number of alkyl halides is 1. The second kappa shape index (κ2) is 22.5. The molecule has 5 nitrogen and oxygen atoms in total. The van der Waals surface area contributed by atoms with Crippen LogP contribution < -0.4 is 5.32 Å². The molecule has 0 aliphatic carbocycles. The van der Waals surface area contributed by atoms with Crippen molar-refractivity contribution in [2.24, 2.45) is 17.8 Å². The summed E-state index contributed by atoms with van der Waals surface area (Å²) in [5.74, 6) is -0.157. The summed E-state index contributed by atoms with van der Waals surface area (Å²) in [6, 6.07) is 0. The highest BCUT2D eigenvalue weighted by atomic mass is 79.9. The zero-order valence-electron chi connectivity index (χ0n) is 23.1. The Morgan fingerprint density at radius 2 is 1.39 bits per heavy atom. The summed E-state index contributed by atoms with van der Waals surface area (Å²) in [7, 11) is 0. The first kappa shape index (κ1) is 33.6. The summed E-state index contributed by atoms with van der Waals surface area (Å²) in [4.78, 5) is 23.7. The molecule has 0 aromatic heterocycles. The lowest BCUT2D eigenvalue weighted by atomic mass is 9.80. The van der Waals surface area contributed by atoms with E-state index in [-0.39, 0.29) is 23.4 Å². The van der Waals surface area contributed by atoms with Crippen LogP contribution in [0.5, 0.6) is 0 Å². The van der Waals surface area contributed by atoms with E-state index in [9.17, 15) is 14.7 Å². The van der Waals surface area contributed by atoms with E-state index in [1.807, 2.05) is 0 Å². The van der Waals surface area contributed by atoms with Gasteiger partial charge in [-0.25, -0.2) is 4.79 Å². The SMILES string of the molecule is CCCCCCCCCCCCCCCCCCNC(=O)OC1SCC1C(CCCBr)C(C)C(=O)O. The van der Waals surface area contributed by atoms with Crippen LogP contribution in [0.4, 0.5) is 4.79 Å². The first-order chi connectivity index (χ1) is 17.5. The number of carboxylic acid groups (broad SMARTS) is 1. The second-order valence-electron chi connectivity index (χ2n) is 10.6. The average Bonchev–Trinajstić information content (AvgIpc) is 2.85. The van der Waals surface area contributed by atoms with Crippen LogP contribution in [-0.2, 0) is 9.53 Å². The summed E-state index contributed by atoms with van der Waals surface area (Å²) >= 11 is 5.05. The molecule has 1 aliphatic rings. The Bertz CT molecular complexity index is 565. The molecule has 1 amide bonds. The largest absolute Gasteiger partial charge is 0.481 e. The molecule has 0 bridgehead atoms. The molecule has 4 unspecified atom stereocenters. The quantitative estimate of drug-likeness (QED) is 0.0863. The van der Waals surface area contributed by atoms with Gasteiger partial charge in [0, 0.05) is 23.5 Å². The number of carboxylic acids is 1. The second-order valence-corrected chi connectivity index (χ2v) is 12.5. The van der Waals surface area contributed by atoms with Crippen molar-refractivity contribution < 1.29 is 19.4 Å². The van der Waals surface area contributed by atoms with Crippen molar-refractivity contribution in [1.82, 2.24) is 5.32 Å². The number of thioether (sulfide) groups is 1. The van der Waals surface area contributed by atoms with Crippen LogP contribution in [0.25, 0.3) is 0 Å². The minimum Gasteiger partial charge on any atom is -0.481 e. The predicted molar refractivity (Wildman–Crippen MR) is 157 cm³/mol. The molecule has 36 heavy (non-hydrogen) atoms. The highest BCUT2D eigenvalue weighted by Crippen LogP contribution is 2.44. The van der Waals surface area contributed by atoms with Crippen LogP contribution in [0, 0.1) is 17.8 Å². The highest BCUT2D eigenvalue weighted by molar-refractivity contribution is 9.09. The third-order valence-corrected chi connectivity index (χ3v) is 9.49. The van der Waals surface area contributed by atoms with Gasteiger partial charge in [-0.1, -0.05) is 126 Å². The van der Waals surface area contributed by atoms with Crippen molar-refractivity contribution in [2.45, 2.75) is 135 Å². The topological polar surface area (TPSA) is 75.6 Å². The Kier molecular flexibility index (Phi) is 21.0. The van der Waals surface area contributed by atoms with Gasteiger partial charge in [0.25, 0.3) is 0 Å². The van der Waals surface area contributed by atoms with Gasteiger partial charge in [0.1, 0.15) is 0 Å². The van der Waals surface area contributed by atoms with Gasteiger partial charge in [0.05, 0.1) is 5.92 Å². The Morgan fingerprint density at radius 1 is 0.889 bits per heavy atom. The lowest BCUT2D eigenvalue weighted by Gasteiger charge is -2.41. The van der Waals surface area contributed by atoms with Gasteiger partial charge in [-0.15, -0.1) is 11.8 Å². The van der Waals surface area contributed by atoms with E-state index < -0.39 is 11.9 Å². The Balaban J connectivity index is 1.98. The third kappa shape index (κ3) is 15.7. The molecule has 2 N–H and O–H groups in total. The molecular formula is C29H54BrNO4S. The maximum Gasteiger partial charge on any atom is 0.408 e. The molecule has 1 saturated heterocycles. The number of unbranched alkanes of at least 4 members (excludes halogenated alkanes) is 15. The van der Waals surface area contributed by atoms with E-state index in [1.54, 1.807) is 18.7 Å². The van der Waals surface area contributed by atoms with Crippen LogP contribution >= 0.6 is 27.7 Å². The Labute approximate surface area is 234 Å². The smallest absolute Gasteiger partial charge is 0.408 e. The first-order valence-electron chi connectivity index (χ1n) is 14.9. The number of nitrogens with one attached hydrogen (secondary N) is 1. The molecule has 0 aromatic carbocycles. The molecule has 1 aliphatic heterocycles. The van der Waals surface area contributed by atoms with Gasteiger partial charge in [-0.2, -0.15) is 0 Å². The van der Waals surface area contributed by atoms with Gasteiger partial charge < -0.3 is 15.2 Å². The number of aliphatic carboxylic acids is 1. The van der Waals surface area contributed by atoms with Crippen molar-refractivity contribution >= 4 is 39.8 Å². The van der Waals surface area contributed by atoms with Crippen molar-refractivity contribution in [3.8, 4) is 0 Å². The van der Waals surface area contributed by atoms with Crippen molar-refractivity contribution in [3.05, 3.63) is 0 Å². The van der Waals surface area contributed by atoms with Crippen molar-refractivity contribution in [1.29, 1.82) is 0 Å². The number of halogens is 1. The molecule has 1 heterocycles. The standard InChI is InChI=1S/C29H54BrNO4S/c1-3-4-5-6-7-8-9-10-11-12-13-14-15-16-17-18-22-31-29(34)35-28-26(23-36-28)25(20-19-21-30)24(2)27(32)33/h24-26,28H,3-23H2,1-2H3,(H,31,34)(H,32,33). The summed E-state index contributed by atoms with van der Waals surface area (Å²) in [6.07, 6.45) is 22.8. The number of amides is 1. The number of alkyl carbamates (subject to hydrolysis) is 1. The normalized spacial score (nSPS) is 18.9. The molecule has 0 saturated carbocycles. The third-order valence-electron chi connectivity index (χ3n) is 7.58. The van der Waals surface area contributed by atoms with E-state index in [0.717, 1.165) is 36.8 Å². The molecular weight excluding hydrogens is 538 g/mol. The number of carbonyl (C=O) groups is 2. The number of rotatable bonds is 24. The molecule has 0 aromatic rings. The van der Waals surface area contributed by atoms with Gasteiger partial charge in [0.2, 0.25) is 0 Å². The van der Waals surface area contributed by atoms with Gasteiger partial charge in [0.15, 0.2) is 5.44 Å². The molecule has 1 fully saturated rings. The van der Waals surface area contributed by atoms with E-state index >= 15 is 0 Å². The maximum atomic E-state index is 12.2. The van der Waals surface area contributed by atoms with Crippen molar-refractivity contribution in [3.63, 3.8) is 0 Å². The summed E-state index contributed by atoms with van der Waals surface area (Å²) in [5, 5.41) is 13.2. The first-order valence-corrected chi connectivity index (χ1v) is 17.0. The zero-order valence-corrected chi connectivity index (χ0v) is 25.5. The van der Waals surface area contributed by atoms with Gasteiger partial charge >= 0.3 is 12.1 Å². The van der Waals surface area contributed by atoms with E-state index in [0.29, 0.717) is 6.54 Å². The molecule has 1 rings (SSSR count). The lowest BCUT2D eigenvalue weighted by Crippen LogP contribution is -2.45. The van der Waals surface area contributed by atoms with E-state index in [4.69, 9.17) is 4.74 Å². The molecule has 4 atom stereocenters. The number of carbonyl (C=O) groups excluding carboxylic acids is 1. The van der Waals surface area contributed by atoms with Crippen LogP contribution in [-0.4, -0.2) is 40.2 Å². The van der Waals surface area contributed by atoms with Crippen LogP contribution in [0.2, 0.25) is 0 Å². The minimum absolute atomic E-state index is 0.0411. The van der Waals surface area contributed by atoms with E-state index in [1.165, 1.54) is 89.9 Å². The molecule has 0 radical (unpaired) electrons. The predicted octanol–water partition coefficient (Wildman–Crippen LogP) is 9.18. The number of ether oxygens (including phenoxy) is 1. The Morgan fingerprint density at radius 3 is 1.81 bits per heavy atom. The molecule has 0 spiro atoms. The highest BCUT2D eigenvalue weighted by Gasteiger charge is 2.43. The molecule has 212 valence electrons. The number of hydrogen-bond acceptors (Lipinski definition) is 4. The zero-order chi connectivity index (χ0) is 26.4. The minimum atomic E-state index is -0.766. The summed E-state index contributed by atoms with van der Waals surface area (Å²) < 4.78 is 5.63. The van der Waals surface area contributed by atoms with Crippen LogP contribution in [0.15, 0.2) is 0 Å². The van der Waals surface area contributed by atoms with Gasteiger partial charge in [-0.05, 0) is 25.2 Å². The monoisotopic (exact) mass is 591 g/mol. The fraction of sp³-hybridized carbons (Fsp3) is 0.931. The maximum absolute atomic E-state index is 12.2. The van der Waals surface area contributed by atoms with Crippen LogP contribution in [0.1, 0.15) is 129 Å². The fourth-order valence-electron chi connectivity index (χ4n) is 5.07. The fourth-order valence-corrected chi connectivity index (χ4v) is 6.57. The number of hydrogen-bond donors (Lipinski definition) is 2. The Hall–Kier alpha value is -0.430. The average molecular weight is 593 g/mol.